The highest BCUT2D eigenvalue weighted by molar-refractivity contribution is 7.22. The number of rotatable bonds is 2. The van der Waals surface area contributed by atoms with E-state index in [4.69, 9.17) is 0 Å². The lowest BCUT2D eigenvalue weighted by atomic mass is 10.1. The van der Waals surface area contributed by atoms with Gasteiger partial charge in [-0.15, -0.1) is 11.3 Å². The summed E-state index contributed by atoms with van der Waals surface area (Å²) in [6, 6.07) is 28.1. The first-order valence-corrected chi connectivity index (χ1v) is 13.5. The molecular formula is C25H22SSi. The minimum absolute atomic E-state index is 1.05. The van der Waals surface area contributed by atoms with Crippen LogP contribution in [-0.2, 0) is 0 Å². The van der Waals surface area contributed by atoms with Crippen LogP contribution in [0.4, 0.5) is 0 Å². The highest BCUT2D eigenvalue weighted by Crippen LogP contribution is 2.33. The third-order valence-corrected chi connectivity index (χ3v) is 7.93. The molecule has 0 nitrogen and oxygen atoms in total. The molecule has 0 atom stereocenters. The molecular weight excluding hydrogens is 360 g/mol. The molecule has 0 N–H and O–H groups in total. The van der Waals surface area contributed by atoms with Crippen LogP contribution >= 0.6 is 11.3 Å². The number of thiophene rings is 1. The fourth-order valence-corrected chi connectivity index (χ4v) is 5.27. The Morgan fingerprint density at radius 3 is 1.89 bits per heavy atom. The van der Waals surface area contributed by atoms with Gasteiger partial charge in [0, 0.05) is 20.7 Å². The quantitative estimate of drug-likeness (QED) is 0.274. The smallest absolute Gasteiger partial charge is 0.0775 e. The second-order valence-electron chi connectivity index (χ2n) is 7.80. The summed E-state index contributed by atoms with van der Waals surface area (Å²) in [5.74, 6) is 6.58. The molecule has 0 fully saturated rings. The van der Waals surface area contributed by atoms with Crippen LogP contribution in [0.2, 0.25) is 19.6 Å². The van der Waals surface area contributed by atoms with Gasteiger partial charge in [-0.3, -0.25) is 0 Å². The molecule has 0 radical (unpaired) electrons. The molecule has 3 aromatic carbocycles. The molecule has 27 heavy (non-hydrogen) atoms. The van der Waals surface area contributed by atoms with Crippen molar-refractivity contribution in [3.05, 3.63) is 90.0 Å². The Balaban J connectivity index is 1.54. The van der Waals surface area contributed by atoms with Gasteiger partial charge in [-0.2, -0.15) is 0 Å². The fourth-order valence-electron chi connectivity index (χ4n) is 3.04. The zero-order valence-electron chi connectivity index (χ0n) is 15.9. The highest BCUT2D eigenvalue weighted by Gasteiger charge is 2.15. The van der Waals surface area contributed by atoms with E-state index in [1.54, 1.807) is 0 Å². The van der Waals surface area contributed by atoms with Crippen molar-refractivity contribution in [2.45, 2.75) is 19.6 Å². The van der Waals surface area contributed by atoms with Crippen LogP contribution in [0.25, 0.3) is 20.5 Å². The summed E-state index contributed by atoms with van der Waals surface area (Å²) in [5.41, 5.74) is 3.38. The Morgan fingerprint density at radius 1 is 0.704 bits per heavy atom. The van der Waals surface area contributed by atoms with Gasteiger partial charge in [-0.1, -0.05) is 79.1 Å². The van der Waals surface area contributed by atoms with Crippen molar-refractivity contribution >= 4 is 34.7 Å². The van der Waals surface area contributed by atoms with E-state index in [9.17, 15) is 0 Å². The lowest BCUT2D eigenvalue weighted by molar-refractivity contribution is 1.62. The molecule has 132 valence electrons. The van der Waals surface area contributed by atoms with Crippen molar-refractivity contribution in [2.75, 3.05) is 0 Å². The molecule has 0 saturated heterocycles. The van der Waals surface area contributed by atoms with Crippen molar-refractivity contribution in [3.8, 4) is 22.3 Å². The molecule has 0 aliphatic carbocycles. The first-order chi connectivity index (χ1) is 13.0. The van der Waals surface area contributed by atoms with Gasteiger partial charge in [0.2, 0.25) is 0 Å². The first-order valence-electron chi connectivity index (χ1n) is 9.21. The van der Waals surface area contributed by atoms with E-state index in [-0.39, 0.29) is 0 Å². The van der Waals surface area contributed by atoms with Gasteiger partial charge >= 0.3 is 0 Å². The Morgan fingerprint density at radius 2 is 1.30 bits per heavy atom. The summed E-state index contributed by atoms with van der Waals surface area (Å²) in [6.07, 6.45) is 0. The molecule has 1 heterocycles. The number of hydrogen-bond donors (Lipinski definition) is 0. The summed E-state index contributed by atoms with van der Waals surface area (Å²) in [7, 11) is -1.24. The second kappa shape index (κ2) is 7.19. The van der Waals surface area contributed by atoms with Gasteiger partial charge in [0.05, 0.1) is 8.07 Å². The maximum Gasteiger partial charge on any atom is 0.0775 e. The van der Waals surface area contributed by atoms with Gasteiger partial charge in [0.25, 0.3) is 0 Å². The minimum atomic E-state index is -1.24. The van der Waals surface area contributed by atoms with E-state index in [1.807, 2.05) is 11.3 Å². The van der Waals surface area contributed by atoms with Crippen LogP contribution < -0.4 is 5.19 Å². The van der Waals surface area contributed by atoms with Gasteiger partial charge in [0.1, 0.15) is 0 Å². The predicted molar refractivity (Wildman–Crippen MR) is 123 cm³/mol. The summed E-state index contributed by atoms with van der Waals surface area (Å²) < 4.78 is 1.33. The van der Waals surface area contributed by atoms with Crippen LogP contribution in [0.5, 0.6) is 0 Å². The summed E-state index contributed by atoms with van der Waals surface area (Å²) >= 11 is 1.84. The second-order valence-corrected chi connectivity index (χ2v) is 14.0. The molecule has 0 unspecified atom stereocenters. The van der Waals surface area contributed by atoms with Crippen LogP contribution in [0.15, 0.2) is 78.9 Å². The molecule has 0 aliphatic rings. The summed E-state index contributed by atoms with van der Waals surface area (Å²) in [5, 5.41) is 2.78. The number of fused-ring (bicyclic) bond motifs is 1. The van der Waals surface area contributed by atoms with E-state index >= 15 is 0 Å². The van der Waals surface area contributed by atoms with Gasteiger partial charge in [-0.05, 0) is 47.3 Å². The Kier molecular flexibility index (Phi) is 4.74. The molecule has 0 aliphatic heterocycles. The summed E-state index contributed by atoms with van der Waals surface area (Å²) in [4.78, 5) is 1.30. The van der Waals surface area contributed by atoms with E-state index in [0.717, 1.165) is 11.1 Å². The topological polar surface area (TPSA) is 0 Å². The van der Waals surface area contributed by atoms with Crippen molar-refractivity contribution < 1.29 is 0 Å². The molecule has 0 spiro atoms. The lowest BCUT2D eigenvalue weighted by Gasteiger charge is -2.15. The normalized spacial score (nSPS) is 11.2. The average Bonchev–Trinajstić information content (AvgIpc) is 3.11. The molecule has 0 amide bonds. The first kappa shape index (κ1) is 17.8. The van der Waals surface area contributed by atoms with E-state index in [0.29, 0.717) is 0 Å². The predicted octanol–water partition coefficient (Wildman–Crippen LogP) is 6.51. The van der Waals surface area contributed by atoms with Crippen molar-refractivity contribution in [1.29, 1.82) is 0 Å². The molecule has 0 saturated carbocycles. The Labute approximate surface area is 166 Å². The average molecular weight is 383 g/mol. The van der Waals surface area contributed by atoms with Crippen LogP contribution in [0, 0.1) is 11.8 Å². The molecule has 4 rings (SSSR count). The SMILES string of the molecule is C[Si](C)(C)c1ccc(C#Cc2ccc(-c3cc4ccccc4s3)cc2)cc1. The number of hydrogen-bond acceptors (Lipinski definition) is 1. The molecule has 1 aromatic heterocycles. The summed E-state index contributed by atoms with van der Waals surface area (Å²) in [6.45, 7) is 7.10. The molecule has 2 heteroatoms. The van der Waals surface area contributed by atoms with Crippen LogP contribution in [0.1, 0.15) is 11.1 Å². The Hall–Kier alpha value is -2.60. The lowest BCUT2D eigenvalue weighted by Crippen LogP contribution is -2.37. The largest absolute Gasteiger partial charge is 0.135 e. The fraction of sp³-hybridized carbons (Fsp3) is 0.120. The minimum Gasteiger partial charge on any atom is -0.135 e. The van der Waals surface area contributed by atoms with E-state index in [2.05, 4.69) is 110 Å². The zero-order chi connectivity index (χ0) is 18.9. The molecule has 0 bridgehead atoms. The van der Waals surface area contributed by atoms with E-state index in [1.165, 1.54) is 25.7 Å². The maximum absolute atomic E-state index is 3.29. The van der Waals surface area contributed by atoms with Crippen LogP contribution in [0.3, 0.4) is 0 Å². The monoisotopic (exact) mass is 382 g/mol. The highest BCUT2D eigenvalue weighted by atomic mass is 32.1. The maximum atomic E-state index is 3.29. The third-order valence-electron chi connectivity index (χ3n) is 4.70. The van der Waals surface area contributed by atoms with E-state index < -0.39 is 8.07 Å². The van der Waals surface area contributed by atoms with Gasteiger partial charge < -0.3 is 0 Å². The van der Waals surface area contributed by atoms with Gasteiger partial charge in [-0.25, -0.2) is 0 Å². The standard InChI is InChI=1S/C25H22SSi/c1-27(2,3)23-16-12-20(13-17-23)9-8-19-10-14-21(15-11-19)25-18-22-6-4-5-7-24(22)26-25/h4-7,10-18H,1-3H3. The van der Waals surface area contributed by atoms with Crippen LogP contribution in [-0.4, -0.2) is 8.07 Å². The van der Waals surface area contributed by atoms with Crippen molar-refractivity contribution in [3.63, 3.8) is 0 Å². The van der Waals surface area contributed by atoms with Crippen molar-refractivity contribution in [2.24, 2.45) is 0 Å². The zero-order valence-corrected chi connectivity index (χ0v) is 17.7. The molecule has 4 aromatic rings. The van der Waals surface area contributed by atoms with Gasteiger partial charge in [0.15, 0.2) is 0 Å². The third kappa shape index (κ3) is 4.05. The number of benzene rings is 3. The van der Waals surface area contributed by atoms with Crippen molar-refractivity contribution in [1.82, 2.24) is 0 Å². The Bertz CT molecular complexity index is 1100.